The van der Waals surface area contributed by atoms with E-state index < -0.39 is 11.7 Å². The molecule has 0 fully saturated rings. The molecule has 102 valence electrons. The maximum Gasteiger partial charge on any atom is 0.416 e. The number of anilines is 1. The van der Waals surface area contributed by atoms with Crippen LogP contribution in [0.25, 0.3) is 0 Å². The summed E-state index contributed by atoms with van der Waals surface area (Å²) >= 11 is 0. The zero-order valence-corrected chi connectivity index (χ0v) is 10.1. The summed E-state index contributed by atoms with van der Waals surface area (Å²) in [6.45, 7) is 0. The van der Waals surface area contributed by atoms with Gasteiger partial charge in [0.2, 0.25) is 0 Å². The molecular weight excluding hydrogens is 269 g/mol. The second-order valence-corrected chi connectivity index (χ2v) is 3.96. The van der Waals surface area contributed by atoms with Crippen molar-refractivity contribution in [3.63, 3.8) is 0 Å². The average Bonchev–Trinajstić information content (AvgIpc) is 2.40. The van der Waals surface area contributed by atoms with Gasteiger partial charge in [0.1, 0.15) is 17.6 Å². The highest BCUT2D eigenvalue weighted by molar-refractivity contribution is 5.57. The van der Waals surface area contributed by atoms with Gasteiger partial charge in [-0.15, -0.1) is 0 Å². The van der Waals surface area contributed by atoms with E-state index in [1.54, 1.807) is 12.1 Å². The van der Waals surface area contributed by atoms with Gasteiger partial charge in [0.05, 0.1) is 16.8 Å². The van der Waals surface area contributed by atoms with Gasteiger partial charge in [-0.3, -0.25) is 0 Å². The van der Waals surface area contributed by atoms with Crippen molar-refractivity contribution < 1.29 is 17.9 Å². The topological polar surface area (TPSA) is 59.0 Å². The molecule has 0 saturated carbocycles. The van der Waals surface area contributed by atoms with Crippen LogP contribution in [0.3, 0.4) is 0 Å². The summed E-state index contributed by atoms with van der Waals surface area (Å²) in [6.07, 6.45) is -4.46. The number of benzene rings is 2. The molecule has 2 rings (SSSR count). The Kier molecular flexibility index (Phi) is 3.53. The molecule has 2 aromatic carbocycles. The molecule has 2 N–H and O–H groups in total. The van der Waals surface area contributed by atoms with Gasteiger partial charge in [-0.1, -0.05) is 12.1 Å². The normalized spacial score (nSPS) is 10.9. The Hall–Kier alpha value is -2.68. The number of alkyl halides is 3. The van der Waals surface area contributed by atoms with E-state index in [0.717, 1.165) is 18.2 Å². The largest absolute Gasteiger partial charge is 0.454 e. The average molecular weight is 278 g/mol. The van der Waals surface area contributed by atoms with Crippen LogP contribution in [-0.4, -0.2) is 0 Å². The van der Waals surface area contributed by atoms with Crippen molar-refractivity contribution in [2.24, 2.45) is 0 Å². The maximum absolute atomic E-state index is 12.5. The monoisotopic (exact) mass is 278 g/mol. The molecule has 0 saturated heterocycles. The molecule has 0 aliphatic heterocycles. The molecule has 0 heterocycles. The third kappa shape index (κ3) is 2.83. The molecule has 0 unspecified atom stereocenters. The summed E-state index contributed by atoms with van der Waals surface area (Å²) in [5.41, 5.74) is 4.82. The first-order valence-electron chi connectivity index (χ1n) is 5.55. The number of nitrogens with two attached hydrogens (primary N) is 1. The number of nitrogen functional groups attached to an aromatic ring is 1. The molecule has 0 aromatic heterocycles. The van der Waals surface area contributed by atoms with Gasteiger partial charge in [-0.25, -0.2) is 0 Å². The molecule has 3 nitrogen and oxygen atoms in total. The first-order chi connectivity index (χ1) is 9.41. The van der Waals surface area contributed by atoms with Crippen molar-refractivity contribution >= 4 is 5.69 Å². The summed E-state index contributed by atoms with van der Waals surface area (Å²) < 4.78 is 42.9. The van der Waals surface area contributed by atoms with Crippen molar-refractivity contribution in [2.45, 2.75) is 6.18 Å². The van der Waals surface area contributed by atoms with Crippen molar-refractivity contribution in [1.29, 1.82) is 5.26 Å². The molecule has 0 amide bonds. The lowest BCUT2D eigenvalue weighted by Crippen LogP contribution is -2.06. The summed E-state index contributed by atoms with van der Waals surface area (Å²) in [5, 5.41) is 8.91. The number of nitriles is 1. The molecule has 0 atom stereocenters. The van der Waals surface area contributed by atoms with Crippen LogP contribution in [0, 0.1) is 11.3 Å². The van der Waals surface area contributed by atoms with E-state index in [4.69, 9.17) is 15.7 Å². The van der Waals surface area contributed by atoms with Gasteiger partial charge in [-0.2, -0.15) is 18.4 Å². The molecular formula is C14H9F3N2O. The molecule has 20 heavy (non-hydrogen) atoms. The lowest BCUT2D eigenvalue weighted by molar-refractivity contribution is -0.137. The van der Waals surface area contributed by atoms with Crippen LogP contribution in [0.1, 0.15) is 11.1 Å². The Morgan fingerprint density at radius 3 is 2.35 bits per heavy atom. The summed E-state index contributed by atoms with van der Waals surface area (Å²) in [7, 11) is 0. The Balaban J connectivity index is 2.34. The van der Waals surface area contributed by atoms with Gasteiger partial charge in [0.25, 0.3) is 0 Å². The Morgan fingerprint density at radius 1 is 1.05 bits per heavy atom. The minimum absolute atomic E-state index is 0.0701. The van der Waals surface area contributed by atoms with Crippen LogP contribution in [0.2, 0.25) is 0 Å². The number of hydrogen-bond acceptors (Lipinski definition) is 3. The van der Waals surface area contributed by atoms with Crippen LogP contribution in [0.15, 0.2) is 42.5 Å². The Bertz CT molecular complexity index is 675. The van der Waals surface area contributed by atoms with Crippen molar-refractivity contribution in [3.8, 4) is 17.6 Å². The summed E-state index contributed by atoms with van der Waals surface area (Å²) in [6, 6.07) is 11.1. The predicted molar refractivity (Wildman–Crippen MR) is 67.1 cm³/mol. The minimum atomic E-state index is -4.46. The lowest BCUT2D eigenvalue weighted by atomic mass is 10.1. The number of hydrogen-bond donors (Lipinski definition) is 1. The van der Waals surface area contributed by atoms with Crippen molar-refractivity contribution in [1.82, 2.24) is 0 Å². The number of halogens is 3. The zero-order chi connectivity index (χ0) is 14.8. The first-order valence-corrected chi connectivity index (χ1v) is 5.55. The van der Waals surface area contributed by atoms with Gasteiger partial charge < -0.3 is 10.5 Å². The molecule has 6 heteroatoms. The molecule has 0 bridgehead atoms. The zero-order valence-electron chi connectivity index (χ0n) is 10.1. The second kappa shape index (κ2) is 5.13. The third-order valence-electron chi connectivity index (χ3n) is 2.56. The maximum atomic E-state index is 12.5. The predicted octanol–water partition coefficient (Wildman–Crippen LogP) is 3.95. The standard InChI is InChI=1S/C14H9F3N2O/c15-14(16,17)10-5-6-13(11(19)7-10)20-12-4-2-1-3-9(12)8-18/h1-7H,19H2. The first kappa shape index (κ1) is 13.7. The fraction of sp³-hybridized carbons (Fsp3) is 0.0714. The minimum Gasteiger partial charge on any atom is -0.454 e. The Morgan fingerprint density at radius 2 is 1.75 bits per heavy atom. The van der Waals surface area contributed by atoms with Gasteiger partial charge in [0, 0.05) is 0 Å². The molecule has 0 aliphatic carbocycles. The quantitative estimate of drug-likeness (QED) is 0.846. The summed E-state index contributed by atoms with van der Waals surface area (Å²) in [5.74, 6) is 0.308. The van der Waals surface area contributed by atoms with Gasteiger partial charge >= 0.3 is 6.18 Å². The van der Waals surface area contributed by atoms with E-state index in [0.29, 0.717) is 0 Å². The van der Waals surface area contributed by atoms with E-state index in [1.165, 1.54) is 12.1 Å². The van der Waals surface area contributed by atoms with Crippen LogP contribution in [0.4, 0.5) is 18.9 Å². The lowest BCUT2D eigenvalue weighted by Gasteiger charge is -2.12. The van der Waals surface area contributed by atoms with Gasteiger partial charge in [-0.05, 0) is 30.3 Å². The number of nitrogens with zero attached hydrogens (tertiary/aromatic N) is 1. The van der Waals surface area contributed by atoms with Crippen LogP contribution in [0.5, 0.6) is 11.5 Å². The van der Waals surface area contributed by atoms with Crippen LogP contribution in [-0.2, 0) is 6.18 Å². The highest BCUT2D eigenvalue weighted by Crippen LogP contribution is 2.35. The van der Waals surface area contributed by atoms with E-state index in [2.05, 4.69) is 0 Å². The fourth-order valence-corrected chi connectivity index (χ4v) is 1.58. The van der Waals surface area contributed by atoms with E-state index in [-0.39, 0.29) is 22.7 Å². The van der Waals surface area contributed by atoms with E-state index in [1.807, 2.05) is 6.07 Å². The van der Waals surface area contributed by atoms with E-state index >= 15 is 0 Å². The second-order valence-electron chi connectivity index (χ2n) is 3.96. The number of ether oxygens (including phenoxy) is 1. The molecule has 2 aromatic rings. The van der Waals surface area contributed by atoms with Crippen LogP contribution < -0.4 is 10.5 Å². The van der Waals surface area contributed by atoms with Crippen molar-refractivity contribution in [2.75, 3.05) is 5.73 Å². The SMILES string of the molecule is N#Cc1ccccc1Oc1ccc(C(F)(F)F)cc1N. The highest BCUT2D eigenvalue weighted by atomic mass is 19.4. The Labute approximate surface area is 113 Å². The molecule has 0 aliphatic rings. The highest BCUT2D eigenvalue weighted by Gasteiger charge is 2.31. The fourth-order valence-electron chi connectivity index (χ4n) is 1.58. The molecule has 0 spiro atoms. The summed E-state index contributed by atoms with van der Waals surface area (Å²) in [4.78, 5) is 0. The van der Waals surface area contributed by atoms with Crippen molar-refractivity contribution in [3.05, 3.63) is 53.6 Å². The number of rotatable bonds is 2. The smallest absolute Gasteiger partial charge is 0.416 e. The van der Waals surface area contributed by atoms with E-state index in [9.17, 15) is 13.2 Å². The van der Waals surface area contributed by atoms with Crippen LogP contribution >= 0.6 is 0 Å². The van der Waals surface area contributed by atoms with Gasteiger partial charge in [0.15, 0.2) is 0 Å². The third-order valence-corrected chi connectivity index (χ3v) is 2.56. The molecule has 0 radical (unpaired) electrons. The number of para-hydroxylation sites is 1.